The highest BCUT2D eigenvalue weighted by Crippen LogP contribution is 2.37. The van der Waals surface area contributed by atoms with E-state index in [1.54, 1.807) is 6.07 Å². The number of ether oxygens (including phenoxy) is 1. The Bertz CT molecular complexity index is 1650. The predicted molar refractivity (Wildman–Crippen MR) is 157 cm³/mol. The molecule has 1 amide bonds. The summed E-state index contributed by atoms with van der Waals surface area (Å²) >= 11 is 0. The van der Waals surface area contributed by atoms with Crippen LogP contribution in [-0.4, -0.2) is 73.1 Å². The van der Waals surface area contributed by atoms with Crippen molar-refractivity contribution in [3.63, 3.8) is 0 Å². The minimum atomic E-state index is -4.47. The predicted octanol–water partition coefficient (Wildman–Crippen LogP) is 4.29. The number of carbonyl (C=O) groups excluding carboxylic acids is 1. The van der Waals surface area contributed by atoms with Gasteiger partial charge in [0.25, 0.3) is 0 Å². The highest BCUT2D eigenvalue weighted by Gasteiger charge is 2.27. The van der Waals surface area contributed by atoms with Crippen LogP contribution in [0.3, 0.4) is 0 Å². The molecule has 0 unspecified atom stereocenters. The fourth-order valence-corrected chi connectivity index (χ4v) is 5.37. The number of hydrogen-bond acceptors (Lipinski definition) is 9. The topological polar surface area (TPSA) is 175 Å². The second-order valence-electron chi connectivity index (χ2n) is 10.3. The molecule has 4 aromatic rings. The molecule has 5 N–H and O–H groups in total. The maximum absolute atomic E-state index is 13.8. The van der Waals surface area contributed by atoms with E-state index in [4.69, 9.17) is 19.0 Å². The summed E-state index contributed by atoms with van der Waals surface area (Å²) in [7, 11) is -4.47. The molecule has 44 heavy (non-hydrogen) atoms. The number of halogens is 2. The lowest BCUT2D eigenvalue weighted by molar-refractivity contribution is -0.115. The third-order valence-electron chi connectivity index (χ3n) is 7.10. The second kappa shape index (κ2) is 14.2. The van der Waals surface area contributed by atoms with E-state index < -0.39 is 25.4 Å². The van der Waals surface area contributed by atoms with Gasteiger partial charge in [-0.1, -0.05) is 6.07 Å². The molecule has 16 heteroatoms. The Morgan fingerprint density at radius 2 is 2.02 bits per heavy atom. The first kappa shape index (κ1) is 31.4. The summed E-state index contributed by atoms with van der Waals surface area (Å²) < 4.78 is 48.9. The molecule has 2 aromatic carbocycles. The largest absolute Gasteiger partial charge is 0.494 e. The number of likely N-dealkylation sites (tertiary alicyclic amines) is 1. The van der Waals surface area contributed by atoms with Crippen molar-refractivity contribution in [1.29, 1.82) is 0 Å². The number of fused-ring (bicyclic) bond motifs is 1. The van der Waals surface area contributed by atoms with Crippen LogP contribution < -0.4 is 15.4 Å². The SMILES string of the molecule is O=C(Cc1cc(Nc2ncnc3cc(OCCCCN4CCC[C@@H]4COP(=O)(O)O)ccc23)n[nH]1)Nc1cccc(F)c1F. The Kier molecular flexibility index (Phi) is 10.1. The fourth-order valence-electron chi connectivity index (χ4n) is 5.00. The summed E-state index contributed by atoms with van der Waals surface area (Å²) in [6.07, 6.45) is 4.76. The highest BCUT2D eigenvalue weighted by atomic mass is 31.2. The number of rotatable bonds is 14. The van der Waals surface area contributed by atoms with Crippen LogP contribution in [0.5, 0.6) is 5.75 Å². The first-order chi connectivity index (χ1) is 21.1. The number of anilines is 3. The molecule has 1 atom stereocenters. The van der Waals surface area contributed by atoms with Gasteiger partial charge < -0.3 is 25.2 Å². The average molecular weight is 632 g/mol. The van der Waals surface area contributed by atoms with Gasteiger partial charge in [-0.3, -0.25) is 19.3 Å². The molecule has 0 bridgehead atoms. The van der Waals surface area contributed by atoms with Gasteiger partial charge in [-0.15, -0.1) is 0 Å². The van der Waals surface area contributed by atoms with Crippen LogP contribution >= 0.6 is 7.82 Å². The van der Waals surface area contributed by atoms with Gasteiger partial charge in [0.1, 0.15) is 17.9 Å². The van der Waals surface area contributed by atoms with E-state index in [1.165, 1.54) is 18.5 Å². The molecule has 0 spiro atoms. The van der Waals surface area contributed by atoms with Crippen LogP contribution in [0.25, 0.3) is 10.9 Å². The van der Waals surface area contributed by atoms with E-state index in [1.807, 2.05) is 18.2 Å². The number of H-pyrrole nitrogens is 1. The normalized spacial score (nSPS) is 15.5. The molecule has 13 nitrogen and oxygen atoms in total. The third-order valence-corrected chi connectivity index (χ3v) is 7.59. The zero-order valence-electron chi connectivity index (χ0n) is 23.6. The molecule has 1 fully saturated rings. The number of nitrogens with zero attached hydrogens (tertiary/aromatic N) is 4. The number of phosphoric ester groups is 1. The first-order valence-electron chi connectivity index (χ1n) is 14.0. The van der Waals surface area contributed by atoms with Crippen LogP contribution in [0.4, 0.5) is 26.1 Å². The standard InChI is InChI=1S/C28H32F2N7O6P/c29-22-6-3-7-23(27(22)30)33-26(38)14-18-13-25(36-35-18)34-28-21-9-8-20(15-24(21)31-17-32-28)42-12-2-1-10-37-11-4-5-19(37)16-43-44(39,40)41/h3,6-9,13,15,17,19H,1-2,4-5,10-12,14,16H2,(H,33,38)(H2,39,40,41)(H2,31,32,34,35,36)/t19-/m1/s1. The van der Waals surface area contributed by atoms with Gasteiger partial charge in [-0.2, -0.15) is 5.10 Å². The Hall–Kier alpha value is -4.01. The summed E-state index contributed by atoms with van der Waals surface area (Å²) in [5.41, 5.74) is 0.857. The Morgan fingerprint density at radius 1 is 1.16 bits per heavy atom. The monoisotopic (exact) mass is 631 g/mol. The fraction of sp³-hybridized carbons (Fsp3) is 0.357. The lowest BCUT2D eigenvalue weighted by Gasteiger charge is -2.24. The van der Waals surface area contributed by atoms with Crippen molar-refractivity contribution in [3.05, 3.63) is 66.1 Å². The summed E-state index contributed by atoms with van der Waals surface area (Å²) in [5, 5.41) is 13.1. The molecule has 234 valence electrons. The van der Waals surface area contributed by atoms with E-state index in [2.05, 4.69) is 35.7 Å². The smallest absolute Gasteiger partial charge is 0.469 e. The van der Waals surface area contributed by atoms with Gasteiger partial charge in [0.05, 0.1) is 30.8 Å². The van der Waals surface area contributed by atoms with Gasteiger partial charge in [0.15, 0.2) is 17.5 Å². The van der Waals surface area contributed by atoms with Crippen LogP contribution in [-0.2, 0) is 20.3 Å². The van der Waals surface area contributed by atoms with Crippen molar-refractivity contribution in [1.82, 2.24) is 25.1 Å². The van der Waals surface area contributed by atoms with Crippen molar-refractivity contribution in [2.45, 2.75) is 38.1 Å². The van der Waals surface area contributed by atoms with Gasteiger partial charge in [-0.05, 0) is 63.0 Å². The van der Waals surface area contributed by atoms with Crippen molar-refractivity contribution >= 4 is 42.0 Å². The summed E-state index contributed by atoms with van der Waals surface area (Å²) in [6.45, 7) is 2.19. The molecule has 0 saturated carbocycles. The van der Waals surface area contributed by atoms with Crippen molar-refractivity contribution < 1.29 is 37.2 Å². The number of aromatic nitrogens is 4. The molecular formula is C28H32F2N7O6P. The summed E-state index contributed by atoms with van der Waals surface area (Å²) in [4.78, 5) is 41.1. The van der Waals surface area contributed by atoms with Crippen molar-refractivity contribution in [2.75, 3.05) is 36.9 Å². The van der Waals surface area contributed by atoms with Crippen LogP contribution in [0.2, 0.25) is 0 Å². The van der Waals surface area contributed by atoms with Crippen LogP contribution in [0, 0.1) is 11.6 Å². The number of amides is 1. The number of benzene rings is 2. The van der Waals surface area contributed by atoms with Gasteiger partial charge in [0, 0.05) is 29.3 Å². The minimum Gasteiger partial charge on any atom is -0.494 e. The van der Waals surface area contributed by atoms with Crippen molar-refractivity contribution in [2.24, 2.45) is 0 Å². The zero-order valence-corrected chi connectivity index (χ0v) is 24.5. The molecule has 5 rings (SSSR count). The van der Waals surface area contributed by atoms with Crippen LogP contribution in [0.15, 0.2) is 48.8 Å². The molecule has 0 radical (unpaired) electrons. The molecule has 2 aromatic heterocycles. The molecule has 1 saturated heterocycles. The van der Waals surface area contributed by atoms with Gasteiger partial charge in [-0.25, -0.2) is 23.3 Å². The maximum Gasteiger partial charge on any atom is 0.469 e. The number of aromatic amines is 1. The molecule has 1 aliphatic rings. The van der Waals surface area contributed by atoms with Crippen LogP contribution in [0.1, 0.15) is 31.4 Å². The zero-order chi connectivity index (χ0) is 31.1. The molecule has 0 aliphatic carbocycles. The molecule has 1 aliphatic heterocycles. The van der Waals surface area contributed by atoms with E-state index in [9.17, 15) is 18.1 Å². The molecular weight excluding hydrogens is 599 g/mol. The first-order valence-corrected chi connectivity index (χ1v) is 15.5. The Balaban J connectivity index is 1.10. The quantitative estimate of drug-likeness (QED) is 0.0992. The van der Waals surface area contributed by atoms with Gasteiger partial charge >= 0.3 is 7.82 Å². The number of carbonyl (C=O) groups is 1. The van der Waals surface area contributed by atoms with Gasteiger partial charge in [0.2, 0.25) is 5.91 Å². The average Bonchev–Trinajstić information content (AvgIpc) is 3.62. The van der Waals surface area contributed by atoms with E-state index in [0.29, 0.717) is 35.2 Å². The van der Waals surface area contributed by atoms with E-state index in [-0.39, 0.29) is 24.8 Å². The molecule has 3 heterocycles. The lowest BCUT2D eigenvalue weighted by atomic mass is 10.2. The second-order valence-corrected chi connectivity index (χ2v) is 11.5. The minimum absolute atomic E-state index is 0.0109. The third kappa shape index (κ3) is 8.55. The van der Waals surface area contributed by atoms with E-state index in [0.717, 1.165) is 50.2 Å². The summed E-state index contributed by atoms with van der Waals surface area (Å²) in [5.74, 6) is -1.17. The highest BCUT2D eigenvalue weighted by molar-refractivity contribution is 7.46. The number of hydrogen-bond donors (Lipinski definition) is 5. The number of unbranched alkanes of at least 4 members (excludes halogenated alkanes) is 1. The maximum atomic E-state index is 13.8. The van der Waals surface area contributed by atoms with E-state index >= 15 is 0 Å². The van der Waals surface area contributed by atoms with Crippen molar-refractivity contribution in [3.8, 4) is 5.75 Å². The number of nitrogens with one attached hydrogen (secondary N) is 3. The lowest BCUT2D eigenvalue weighted by Crippen LogP contribution is -2.33. The Labute approximate surface area is 251 Å². The Morgan fingerprint density at radius 3 is 2.86 bits per heavy atom. The summed E-state index contributed by atoms with van der Waals surface area (Å²) in [6, 6.07) is 10.6. The number of phosphoric acid groups is 1.